The minimum atomic E-state index is 0.459. The highest BCUT2D eigenvalue weighted by atomic mass is 35.5. The third-order valence-corrected chi connectivity index (χ3v) is 3.09. The lowest BCUT2D eigenvalue weighted by Crippen LogP contribution is -2.05. The largest absolute Gasteiger partial charge is 0.378 e. The minimum Gasteiger partial charge on any atom is -0.378 e. The molecule has 0 atom stereocenters. The molecule has 106 valence electrons. The summed E-state index contributed by atoms with van der Waals surface area (Å²) in [5, 5.41) is 3.93. The Morgan fingerprint density at radius 2 is 2.05 bits per heavy atom. The van der Waals surface area contributed by atoms with Crippen molar-refractivity contribution in [1.29, 1.82) is 0 Å². The van der Waals surface area contributed by atoms with Crippen LogP contribution in [0.5, 0.6) is 0 Å². The lowest BCUT2D eigenvalue weighted by Gasteiger charge is -2.10. The molecule has 4 nitrogen and oxygen atoms in total. The fourth-order valence-corrected chi connectivity index (χ4v) is 2.22. The van der Waals surface area contributed by atoms with Crippen LogP contribution in [0, 0.1) is 6.92 Å². The quantitative estimate of drug-likeness (QED) is 0.913. The van der Waals surface area contributed by atoms with E-state index >= 15 is 0 Å². The molecule has 1 N–H and O–H groups in total. The topological polar surface area (TPSA) is 47.0 Å². The van der Waals surface area contributed by atoms with E-state index in [4.69, 9.17) is 16.3 Å². The number of methoxy groups -OCH3 is 1. The van der Waals surface area contributed by atoms with E-state index in [1.54, 1.807) is 7.11 Å². The normalized spacial score (nSPS) is 10.6. The Morgan fingerprint density at radius 3 is 2.70 bits per heavy atom. The zero-order valence-electron chi connectivity index (χ0n) is 11.9. The zero-order chi connectivity index (χ0) is 14.5. The van der Waals surface area contributed by atoms with Crippen LogP contribution in [0.15, 0.2) is 24.3 Å². The zero-order valence-corrected chi connectivity index (χ0v) is 12.7. The molecule has 0 amide bonds. The van der Waals surface area contributed by atoms with Crippen LogP contribution >= 0.6 is 11.6 Å². The van der Waals surface area contributed by atoms with Crippen molar-refractivity contribution in [2.45, 2.75) is 20.5 Å². The maximum absolute atomic E-state index is 5.99. The average Bonchev–Trinajstić information content (AvgIpc) is 2.39. The van der Waals surface area contributed by atoms with Gasteiger partial charge in [-0.2, -0.15) is 0 Å². The molecule has 0 saturated heterocycles. The van der Waals surface area contributed by atoms with Crippen molar-refractivity contribution in [2.24, 2.45) is 0 Å². The smallest absolute Gasteiger partial charge is 0.162 e. The van der Waals surface area contributed by atoms with Gasteiger partial charge in [0.2, 0.25) is 0 Å². The molecule has 0 bridgehead atoms. The number of rotatable bonds is 5. The Kier molecular flexibility index (Phi) is 4.93. The minimum absolute atomic E-state index is 0.459. The van der Waals surface area contributed by atoms with Gasteiger partial charge in [-0.1, -0.05) is 11.6 Å². The van der Waals surface area contributed by atoms with E-state index in [1.807, 2.05) is 38.1 Å². The summed E-state index contributed by atoms with van der Waals surface area (Å²) in [6, 6.07) is 7.61. The van der Waals surface area contributed by atoms with Gasteiger partial charge in [-0.25, -0.2) is 9.97 Å². The second-order valence-electron chi connectivity index (χ2n) is 4.49. The van der Waals surface area contributed by atoms with Crippen LogP contribution in [-0.2, 0) is 11.3 Å². The predicted octanol–water partition coefficient (Wildman–Crippen LogP) is 3.68. The summed E-state index contributed by atoms with van der Waals surface area (Å²) in [7, 11) is 1.66. The van der Waals surface area contributed by atoms with E-state index in [2.05, 4.69) is 15.3 Å². The molecule has 1 aromatic heterocycles. The maximum Gasteiger partial charge on any atom is 0.162 e. The average molecular weight is 292 g/mol. The molecule has 0 aliphatic carbocycles. The number of hydrogen-bond donors (Lipinski definition) is 1. The number of ether oxygens (including phenoxy) is 1. The van der Waals surface area contributed by atoms with Crippen molar-refractivity contribution in [3.05, 3.63) is 40.5 Å². The van der Waals surface area contributed by atoms with Gasteiger partial charge in [0.25, 0.3) is 0 Å². The van der Waals surface area contributed by atoms with Gasteiger partial charge in [-0.05, 0) is 37.6 Å². The molecule has 2 aromatic rings. The Labute approximate surface area is 124 Å². The third kappa shape index (κ3) is 3.46. The molecule has 1 heterocycles. The lowest BCUT2D eigenvalue weighted by molar-refractivity contribution is 0.181. The van der Waals surface area contributed by atoms with Gasteiger partial charge < -0.3 is 10.1 Å². The summed E-state index contributed by atoms with van der Waals surface area (Å²) in [5.41, 5.74) is 2.88. The first-order chi connectivity index (χ1) is 9.63. The Bertz CT molecular complexity index is 577. The van der Waals surface area contributed by atoms with Gasteiger partial charge in [-0.3, -0.25) is 0 Å². The van der Waals surface area contributed by atoms with Crippen LogP contribution in [0.4, 0.5) is 5.82 Å². The van der Waals surface area contributed by atoms with Crippen LogP contribution in [-0.4, -0.2) is 23.6 Å². The molecule has 0 saturated carbocycles. The number of nitrogens with one attached hydrogen (secondary N) is 1. The summed E-state index contributed by atoms with van der Waals surface area (Å²) >= 11 is 5.99. The highest BCUT2D eigenvalue weighted by Crippen LogP contribution is 2.24. The Morgan fingerprint density at radius 1 is 1.25 bits per heavy atom. The molecular weight excluding hydrogens is 274 g/mol. The van der Waals surface area contributed by atoms with E-state index in [0.29, 0.717) is 17.5 Å². The highest BCUT2D eigenvalue weighted by molar-refractivity contribution is 6.30. The second-order valence-corrected chi connectivity index (χ2v) is 4.93. The van der Waals surface area contributed by atoms with Crippen LogP contribution in [0.25, 0.3) is 11.4 Å². The Balaban J connectivity index is 2.48. The van der Waals surface area contributed by atoms with Crippen molar-refractivity contribution in [2.75, 3.05) is 19.0 Å². The van der Waals surface area contributed by atoms with Gasteiger partial charge >= 0.3 is 0 Å². The lowest BCUT2D eigenvalue weighted by atomic mass is 10.1. The second kappa shape index (κ2) is 6.68. The molecule has 0 spiro atoms. The van der Waals surface area contributed by atoms with Crippen LogP contribution in [0.3, 0.4) is 0 Å². The SMILES string of the molecule is CCNc1cc(COC)nc(-c2ccc(Cl)cc2C)n1. The molecule has 20 heavy (non-hydrogen) atoms. The van der Waals surface area contributed by atoms with Crippen molar-refractivity contribution >= 4 is 17.4 Å². The van der Waals surface area contributed by atoms with Crippen LogP contribution in [0.1, 0.15) is 18.2 Å². The molecular formula is C15H18ClN3O. The number of anilines is 1. The van der Waals surface area contributed by atoms with E-state index in [1.165, 1.54) is 0 Å². The summed E-state index contributed by atoms with van der Waals surface area (Å²) in [6.45, 7) is 5.30. The van der Waals surface area contributed by atoms with E-state index in [0.717, 1.165) is 29.2 Å². The van der Waals surface area contributed by atoms with Crippen molar-refractivity contribution < 1.29 is 4.74 Å². The number of nitrogens with zero attached hydrogens (tertiary/aromatic N) is 2. The number of aromatic nitrogens is 2. The van der Waals surface area contributed by atoms with E-state index < -0.39 is 0 Å². The molecule has 2 rings (SSSR count). The van der Waals surface area contributed by atoms with Crippen molar-refractivity contribution in [1.82, 2.24) is 9.97 Å². The highest BCUT2D eigenvalue weighted by Gasteiger charge is 2.09. The fourth-order valence-electron chi connectivity index (χ4n) is 1.99. The van der Waals surface area contributed by atoms with Gasteiger partial charge in [0, 0.05) is 30.3 Å². The van der Waals surface area contributed by atoms with Gasteiger partial charge in [0.1, 0.15) is 5.82 Å². The number of halogens is 1. The summed E-state index contributed by atoms with van der Waals surface area (Å²) in [5.74, 6) is 1.49. The summed E-state index contributed by atoms with van der Waals surface area (Å²) in [4.78, 5) is 9.09. The maximum atomic E-state index is 5.99. The molecule has 1 aromatic carbocycles. The van der Waals surface area contributed by atoms with Crippen molar-refractivity contribution in [3.8, 4) is 11.4 Å². The van der Waals surface area contributed by atoms with Crippen molar-refractivity contribution in [3.63, 3.8) is 0 Å². The third-order valence-electron chi connectivity index (χ3n) is 2.86. The van der Waals surface area contributed by atoms with Gasteiger partial charge in [-0.15, -0.1) is 0 Å². The molecule has 0 fully saturated rings. The number of benzene rings is 1. The molecule has 5 heteroatoms. The monoisotopic (exact) mass is 291 g/mol. The van der Waals surface area contributed by atoms with Gasteiger partial charge in [0.15, 0.2) is 5.82 Å². The van der Waals surface area contributed by atoms with Crippen LogP contribution in [0.2, 0.25) is 5.02 Å². The Hall–Kier alpha value is -1.65. The predicted molar refractivity (Wildman–Crippen MR) is 82.1 cm³/mol. The summed E-state index contributed by atoms with van der Waals surface area (Å²) < 4.78 is 5.16. The first-order valence-corrected chi connectivity index (χ1v) is 6.89. The molecule has 0 radical (unpaired) electrons. The van der Waals surface area contributed by atoms with E-state index in [9.17, 15) is 0 Å². The number of aryl methyl sites for hydroxylation is 1. The first-order valence-electron chi connectivity index (χ1n) is 6.51. The molecule has 0 aliphatic heterocycles. The van der Waals surface area contributed by atoms with Gasteiger partial charge in [0.05, 0.1) is 12.3 Å². The van der Waals surface area contributed by atoms with Crippen LogP contribution < -0.4 is 5.32 Å². The summed E-state index contributed by atoms with van der Waals surface area (Å²) in [6.07, 6.45) is 0. The molecule has 0 unspecified atom stereocenters. The standard InChI is InChI=1S/C15H18ClN3O/c1-4-17-14-8-12(9-20-3)18-15(19-14)13-6-5-11(16)7-10(13)2/h5-8H,4,9H2,1-3H3,(H,17,18,19). The first kappa shape index (κ1) is 14.8. The number of hydrogen-bond acceptors (Lipinski definition) is 4. The molecule has 0 aliphatic rings. The fraction of sp³-hybridized carbons (Fsp3) is 0.333. The van der Waals surface area contributed by atoms with E-state index in [-0.39, 0.29) is 0 Å².